The van der Waals surface area contributed by atoms with E-state index in [1.165, 1.54) is 50.8 Å². The standard InChI is InChI=1S/C21H36N2O/c1-3-5-6-9-15-24-21-13-8-7-12-20(21)18-23-14-10-11-19(17-23)16-22-4-2/h7-8,12-13,19,22H,3-6,9-11,14-18H2,1-2H3. The third-order valence-corrected chi connectivity index (χ3v) is 4.91. The lowest BCUT2D eigenvalue weighted by atomic mass is 9.97. The Morgan fingerprint density at radius 2 is 2.04 bits per heavy atom. The van der Waals surface area contributed by atoms with Crippen molar-refractivity contribution in [1.29, 1.82) is 0 Å². The van der Waals surface area contributed by atoms with Crippen LogP contribution in [0.4, 0.5) is 0 Å². The van der Waals surface area contributed by atoms with Gasteiger partial charge in [-0.15, -0.1) is 0 Å². The number of likely N-dealkylation sites (tertiary alicyclic amines) is 1. The van der Waals surface area contributed by atoms with Gasteiger partial charge in [0.2, 0.25) is 0 Å². The largest absolute Gasteiger partial charge is 0.493 e. The smallest absolute Gasteiger partial charge is 0.123 e. The molecular formula is C21H36N2O. The van der Waals surface area contributed by atoms with Crippen LogP contribution < -0.4 is 10.1 Å². The fourth-order valence-electron chi connectivity index (χ4n) is 3.54. The van der Waals surface area contributed by atoms with Gasteiger partial charge in [-0.2, -0.15) is 0 Å². The summed E-state index contributed by atoms with van der Waals surface area (Å²) in [7, 11) is 0. The third kappa shape index (κ3) is 6.82. The van der Waals surface area contributed by atoms with Gasteiger partial charge in [0, 0.05) is 18.7 Å². The zero-order valence-corrected chi connectivity index (χ0v) is 15.7. The van der Waals surface area contributed by atoms with Crippen LogP contribution in [0.1, 0.15) is 57.9 Å². The van der Waals surface area contributed by atoms with E-state index in [1.807, 2.05) is 0 Å². The topological polar surface area (TPSA) is 24.5 Å². The summed E-state index contributed by atoms with van der Waals surface area (Å²) in [6.07, 6.45) is 7.70. The maximum atomic E-state index is 6.08. The Labute approximate surface area is 148 Å². The minimum atomic E-state index is 0.792. The summed E-state index contributed by atoms with van der Waals surface area (Å²) in [4.78, 5) is 2.60. The molecule has 0 aromatic heterocycles. The average Bonchev–Trinajstić information content (AvgIpc) is 2.61. The number of rotatable bonds is 11. The van der Waals surface area contributed by atoms with E-state index in [9.17, 15) is 0 Å². The van der Waals surface area contributed by atoms with Crippen molar-refractivity contribution in [3.63, 3.8) is 0 Å². The summed E-state index contributed by atoms with van der Waals surface area (Å²) in [6, 6.07) is 8.60. The van der Waals surface area contributed by atoms with Gasteiger partial charge in [-0.1, -0.05) is 51.3 Å². The monoisotopic (exact) mass is 332 g/mol. The van der Waals surface area contributed by atoms with Gasteiger partial charge in [0.1, 0.15) is 5.75 Å². The van der Waals surface area contributed by atoms with Crippen molar-refractivity contribution in [1.82, 2.24) is 10.2 Å². The first-order valence-corrected chi connectivity index (χ1v) is 9.97. The molecule has 0 aliphatic carbocycles. The molecule has 1 heterocycles. The highest BCUT2D eigenvalue weighted by atomic mass is 16.5. The van der Waals surface area contributed by atoms with E-state index in [2.05, 4.69) is 48.3 Å². The normalized spacial score (nSPS) is 18.7. The molecule has 2 rings (SSSR count). The van der Waals surface area contributed by atoms with Crippen molar-refractivity contribution in [2.75, 3.05) is 32.8 Å². The van der Waals surface area contributed by atoms with E-state index in [1.54, 1.807) is 0 Å². The van der Waals surface area contributed by atoms with E-state index >= 15 is 0 Å². The minimum absolute atomic E-state index is 0.792. The van der Waals surface area contributed by atoms with Crippen LogP contribution in [-0.4, -0.2) is 37.7 Å². The molecule has 1 N–H and O–H groups in total. The molecule has 1 unspecified atom stereocenters. The highest BCUT2D eigenvalue weighted by Crippen LogP contribution is 2.23. The van der Waals surface area contributed by atoms with Crippen LogP contribution in [0.5, 0.6) is 5.75 Å². The Morgan fingerprint density at radius 1 is 1.17 bits per heavy atom. The van der Waals surface area contributed by atoms with E-state index in [0.29, 0.717) is 0 Å². The second kappa shape index (κ2) is 11.5. The fourth-order valence-corrected chi connectivity index (χ4v) is 3.54. The summed E-state index contributed by atoms with van der Waals surface area (Å²) in [6.45, 7) is 11.0. The molecule has 24 heavy (non-hydrogen) atoms. The number of hydrogen-bond acceptors (Lipinski definition) is 3. The second-order valence-corrected chi connectivity index (χ2v) is 7.07. The van der Waals surface area contributed by atoms with Crippen molar-refractivity contribution < 1.29 is 4.74 Å². The van der Waals surface area contributed by atoms with Crippen molar-refractivity contribution in [2.45, 2.75) is 58.9 Å². The Bertz CT molecular complexity index is 449. The molecular weight excluding hydrogens is 296 g/mol. The number of para-hydroxylation sites is 1. The van der Waals surface area contributed by atoms with Crippen LogP contribution in [0.3, 0.4) is 0 Å². The van der Waals surface area contributed by atoms with Crippen molar-refractivity contribution >= 4 is 0 Å². The third-order valence-electron chi connectivity index (χ3n) is 4.91. The van der Waals surface area contributed by atoms with Crippen LogP contribution in [-0.2, 0) is 6.54 Å². The molecule has 3 heteroatoms. The lowest BCUT2D eigenvalue weighted by Crippen LogP contribution is -2.39. The van der Waals surface area contributed by atoms with Crippen LogP contribution in [0.25, 0.3) is 0 Å². The van der Waals surface area contributed by atoms with Crippen molar-refractivity contribution in [3.8, 4) is 5.75 Å². The summed E-state index contributed by atoms with van der Waals surface area (Å²) in [5.74, 6) is 1.88. The number of hydrogen-bond donors (Lipinski definition) is 1. The van der Waals surface area contributed by atoms with E-state index in [4.69, 9.17) is 4.74 Å². The lowest BCUT2D eigenvalue weighted by molar-refractivity contribution is 0.163. The summed E-state index contributed by atoms with van der Waals surface area (Å²) >= 11 is 0. The second-order valence-electron chi connectivity index (χ2n) is 7.07. The molecule has 136 valence electrons. The molecule has 0 amide bonds. The number of piperidine rings is 1. The molecule has 1 aliphatic rings. The van der Waals surface area contributed by atoms with Crippen molar-refractivity contribution in [2.24, 2.45) is 5.92 Å². The maximum absolute atomic E-state index is 6.08. The highest BCUT2D eigenvalue weighted by Gasteiger charge is 2.20. The predicted molar refractivity (Wildman–Crippen MR) is 103 cm³/mol. The van der Waals surface area contributed by atoms with Gasteiger partial charge >= 0.3 is 0 Å². The number of nitrogens with zero attached hydrogens (tertiary/aromatic N) is 1. The lowest BCUT2D eigenvalue weighted by Gasteiger charge is -2.33. The van der Waals surface area contributed by atoms with Gasteiger partial charge in [0.05, 0.1) is 6.61 Å². The van der Waals surface area contributed by atoms with E-state index in [0.717, 1.165) is 44.3 Å². The molecule has 1 atom stereocenters. The van der Waals surface area contributed by atoms with Gasteiger partial charge < -0.3 is 10.1 Å². The molecule has 0 radical (unpaired) electrons. The minimum Gasteiger partial charge on any atom is -0.493 e. The quantitative estimate of drug-likeness (QED) is 0.605. The number of nitrogens with one attached hydrogen (secondary N) is 1. The van der Waals surface area contributed by atoms with Crippen LogP contribution in [0, 0.1) is 5.92 Å². The zero-order chi connectivity index (χ0) is 17.0. The van der Waals surface area contributed by atoms with Gasteiger partial charge in [0.25, 0.3) is 0 Å². The molecule has 0 bridgehead atoms. The van der Waals surface area contributed by atoms with Gasteiger partial charge in [-0.3, -0.25) is 4.90 Å². The Kier molecular flexibility index (Phi) is 9.22. The Hall–Kier alpha value is -1.06. The molecule has 0 spiro atoms. The number of ether oxygens (including phenoxy) is 1. The van der Waals surface area contributed by atoms with Crippen LogP contribution >= 0.6 is 0 Å². The predicted octanol–water partition coefficient (Wildman–Crippen LogP) is 4.47. The first-order valence-electron chi connectivity index (χ1n) is 9.97. The molecule has 1 saturated heterocycles. The highest BCUT2D eigenvalue weighted by molar-refractivity contribution is 5.33. The van der Waals surface area contributed by atoms with Crippen LogP contribution in [0.15, 0.2) is 24.3 Å². The summed E-state index contributed by atoms with van der Waals surface area (Å²) in [5.41, 5.74) is 1.34. The number of unbranched alkanes of at least 4 members (excludes halogenated alkanes) is 3. The average molecular weight is 333 g/mol. The SMILES string of the molecule is CCCCCCOc1ccccc1CN1CCCC(CNCC)C1. The molecule has 1 fully saturated rings. The fraction of sp³-hybridized carbons (Fsp3) is 0.714. The molecule has 3 nitrogen and oxygen atoms in total. The van der Waals surface area contributed by atoms with Gasteiger partial charge in [-0.05, 0) is 50.9 Å². The summed E-state index contributed by atoms with van der Waals surface area (Å²) < 4.78 is 6.08. The first kappa shape index (κ1) is 19.3. The molecule has 1 aromatic carbocycles. The molecule has 1 aliphatic heterocycles. The van der Waals surface area contributed by atoms with Gasteiger partial charge in [0.15, 0.2) is 0 Å². The first-order chi connectivity index (χ1) is 11.8. The van der Waals surface area contributed by atoms with Crippen molar-refractivity contribution in [3.05, 3.63) is 29.8 Å². The number of benzene rings is 1. The van der Waals surface area contributed by atoms with Crippen LogP contribution in [0.2, 0.25) is 0 Å². The van der Waals surface area contributed by atoms with E-state index < -0.39 is 0 Å². The Morgan fingerprint density at radius 3 is 2.88 bits per heavy atom. The summed E-state index contributed by atoms with van der Waals surface area (Å²) in [5, 5.41) is 3.51. The van der Waals surface area contributed by atoms with Gasteiger partial charge in [-0.25, -0.2) is 0 Å². The van der Waals surface area contributed by atoms with E-state index in [-0.39, 0.29) is 0 Å². The zero-order valence-electron chi connectivity index (χ0n) is 15.7. The maximum Gasteiger partial charge on any atom is 0.123 e. The molecule has 0 saturated carbocycles. The Balaban J connectivity index is 1.82. The molecule has 1 aromatic rings.